The van der Waals surface area contributed by atoms with Crippen molar-refractivity contribution in [3.05, 3.63) is 24.0 Å². The van der Waals surface area contributed by atoms with Gasteiger partial charge >= 0.3 is 5.97 Å². The van der Waals surface area contributed by atoms with E-state index in [4.69, 9.17) is 4.74 Å². The van der Waals surface area contributed by atoms with Gasteiger partial charge in [-0.1, -0.05) is 6.92 Å². The summed E-state index contributed by atoms with van der Waals surface area (Å²) in [6.07, 6.45) is 5.30. The SMILES string of the molecule is CCCn1ccc(CNC(C)C(=O)OCC)c1. The van der Waals surface area contributed by atoms with Crippen LogP contribution >= 0.6 is 0 Å². The van der Waals surface area contributed by atoms with Crippen molar-refractivity contribution in [1.82, 2.24) is 9.88 Å². The second-order valence-corrected chi connectivity index (χ2v) is 4.11. The second-order valence-electron chi connectivity index (χ2n) is 4.11. The number of hydrogen-bond donors (Lipinski definition) is 1. The van der Waals surface area contributed by atoms with Crippen molar-refractivity contribution in [2.24, 2.45) is 0 Å². The predicted molar refractivity (Wildman–Crippen MR) is 67.7 cm³/mol. The Bertz CT molecular complexity index is 347. The number of esters is 1. The molecule has 0 fully saturated rings. The molecule has 1 heterocycles. The molecule has 0 saturated carbocycles. The number of rotatable bonds is 7. The van der Waals surface area contributed by atoms with E-state index in [0.717, 1.165) is 13.0 Å². The summed E-state index contributed by atoms with van der Waals surface area (Å²) in [4.78, 5) is 11.4. The molecule has 0 bridgehead atoms. The summed E-state index contributed by atoms with van der Waals surface area (Å²) in [6, 6.07) is 1.81. The quantitative estimate of drug-likeness (QED) is 0.738. The van der Waals surface area contributed by atoms with Gasteiger partial charge in [0, 0.05) is 25.5 Å². The first kappa shape index (κ1) is 13.8. The molecule has 1 atom stereocenters. The molecule has 0 amide bonds. The first-order valence-corrected chi connectivity index (χ1v) is 6.22. The summed E-state index contributed by atoms with van der Waals surface area (Å²) in [5.74, 6) is -0.194. The standard InChI is InChI=1S/C13H22N2O2/c1-4-7-15-8-6-12(10-15)9-14-11(3)13(16)17-5-2/h6,8,10-11,14H,4-5,7,9H2,1-3H3. The molecule has 4 nitrogen and oxygen atoms in total. The van der Waals surface area contributed by atoms with Crippen molar-refractivity contribution in [1.29, 1.82) is 0 Å². The Morgan fingerprint density at radius 3 is 2.94 bits per heavy atom. The Balaban J connectivity index is 2.36. The highest BCUT2D eigenvalue weighted by molar-refractivity contribution is 5.75. The van der Waals surface area contributed by atoms with Crippen LogP contribution < -0.4 is 5.32 Å². The molecule has 0 radical (unpaired) electrons. The molecule has 0 saturated heterocycles. The highest BCUT2D eigenvalue weighted by atomic mass is 16.5. The van der Waals surface area contributed by atoms with E-state index in [0.29, 0.717) is 13.2 Å². The Kier molecular flexibility index (Phi) is 5.77. The molecule has 1 aromatic rings. The Labute approximate surface area is 103 Å². The van der Waals surface area contributed by atoms with Gasteiger partial charge < -0.3 is 14.6 Å². The van der Waals surface area contributed by atoms with Gasteiger partial charge in [0.15, 0.2) is 0 Å². The minimum atomic E-state index is -0.260. The molecule has 0 aliphatic carbocycles. The largest absolute Gasteiger partial charge is 0.465 e. The van der Waals surface area contributed by atoms with E-state index in [1.165, 1.54) is 5.56 Å². The maximum Gasteiger partial charge on any atom is 0.322 e. The molecule has 0 spiro atoms. The van der Waals surface area contributed by atoms with Gasteiger partial charge in [0.25, 0.3) is 0 Å². The van der Waals surface area contributed by atoms with Crippen LogP contribution in [-0.4, -0.2) is 23.2 Å². The van der Waals surface area contributed by atoms with Crippen LogP contribution in [0.1, 0.15) is 32.8 Å². The Morgan fingerprint density at radius 2 is 2.29 bits per heavy atom. The normalized spacial score (nSPS) is 12.4. The fourth-order valence-electron chi connectivity index (χ4n) is 1.61. The third-order valence-electron chi connectivity index (χ3n) is 2.55. The zero-order valence-corrected chi connectivity index (χ0v) is 10.9. The summed E-state index contributed by atoms with van der Waals surface area (Å²) in [7, 11) is 0. The van der Waals surface area contributed by atoms with E-state index >= 15 is 0 Å². The molecule has 96 valence electrons. The average molecular weight is 238 g/mol. The Hall–Kier alpha value is -1.29. The Morgan fingerprint density at radius 1 is 1.53 bits per heavy atom. The lowest BCUT2D eigenvalue weighted by Gasteiger charge is -2.11. The first-order valence-electron chi connectivity index (χ1n) is 6.22. The summed E-state index contributed by atoms with van der Waals surface area (Å²) < 4.78 is 7.09. The topological polar surface area (TPSA) is 43.3 Å². The molecule has 1 rings (SSSR count). The van der Waals surface area contributed by atoms with Gasteiger partial charge in [-0.15, -0.1) is 0 Å². The van der Waals surface area contributed by atoms with Crippen LogP contribution in [0.3, 0.4) is 0 Å². The zero-order chi connectivity index (χ0) is 12.7. The fraction of sp³-hybridized carbons (Fsp3) is 0.615. The maximum absolute atomic E-state index is 11.4. The number of ether oxygens (including phenoxy) is 1. The molecule has 1 unspecified atom stereocenters. The van der Waals surface area contributed by atoms with Crippen molar-refractivity contribution < 1.29 is 9.53 Å². The van der Waals surface area contributed by atoms with Crippen molar-refractivity contribution in [3.8, 4) is 0 Å². The lowest BCUT2D eigenvalue weighted by molar-refractivity contribution is -0.145. The van der Waals surface area contributed by atoms with Gasteiger partial charge in [-0.2, -0.15) is 0 Å². The number of hydrogen-bond acceptors (Lipinski definition) is 3. The van der Waals surface area contributed by atoms with Crippen LogP contribution in [0, 0.1) is 0 Å². The van der Waals surface area contributed by atoms with Crippen LogP contribution in [-0.2, 0) is 22.6 Å². The number of aryl methyl sites for hydroxylation is 1. The van der Waals surface area contributed by atoms with Crippen molar-refractivity contribution in [2.45, 2.75) is 46.3 Å². The molecule has 4 heteroatoms. The van der Waals surface area contributed by atoms with Crippen LogP contribution in [0.5, 0.6) is 0 Å². The predicted octanol–water partition coefficient (Wildman–Crippen LogP) is 1.94. The zero-order valence-electron chi connectivity index (χ0n) is 10.9. The third kappa shape index (κ3) is 4.61. The third-order valence-corrected chi connectivity index (χ3v) is 2.55. The van der Waals surface area contributed by atoms with E-state index < -0.39 is 0 Å². The summed E-state index contributed by atoms with van der Waals surface area (Å²) in [5.41, 5.74) is 1.19. The first-order chi connectivity index (χ1) is 8.17. The lowest BCUT2D eigenvalue weighted by atomic mass is 10.3. The molecular weight excluding hydrogens is 216 g/mol. The van der Waals surface area contributed by atoms with Crippen LogP contribution in [0.25, 0.3) is 0 Å². The molecular formula is C13H22N2O2. The number of nitrogens with zero attached hydrogens (tertiary/aromatic N) is 1. The van der Waals surface area contributed by atoms with Gasteiger partial charge in [0.1, 0.15) is 6.04 Å². The van der Waals surface area contributed by atoms with Crippen molar-refractivity contribution in [3.63, 3.8) is 0 Å². The fourth-order valence-corrected chi connectivity index (χ4v) is 1.61. The number of aromatic nitrogens is 1. The van der Waals surface area contributed by atoms with Crippen LogP contribution in [0.4, 0.5) is 0 Å². The number of nitrogens with one attached hydrogen (secondary N) is 1. The minimum Gasteiger partial charge on any atom is -0.465 e. The molecule has 1 aromatic heterocycles. The van der Waals surface area contributed by atoms with E-state index in [9.17, 15) is 4.79 Å². The van der Waals surface area contributed by atoms with Crippen LogP contribution in [0.15, 0.2) is 18.5 Å². The highest BCUT2D eigenvalue weighted by Crippen LogP contribution is 2.02. The summed E-state index contributed by atoms with van der Waals surface area (Å²) in [5, 5.41) is 3.15. The molecule has 0 aliphatic rings. The van der Waals surface area contributed by atoms with Crippen molar-refractivity contribution >= 4 is 5.97 Å². The average Bonchev–Trinajstić information content (AvgIpc) is 2.74. The summed E-state index contributed by atoms with van der Waals surface area (Å²) in [6.45, 7) is 7.94. The molecule has 0 aliphatic heterocycles. The molecule has 17 heavy (non-hydrogen) atoms. The van der Waals surface area contributed by atoms with E-state index in [2.05, 4.69) is 35.3 Å². The monoisotopic (exact) mass is 238 g/mol. The van der Waals surface area contributed by atoms with E-state index in [1.807, 2.05) is 13.8 Å². The second kappa shape index (κ2) is 7.12. The highest BCUT2D eigenvalue weighted by Gasteiger charge is 2.12. The number of carbonyl (C=O) groups excluding carboxylic acids is 1. The number of carbonyl (C=O) groups is 1. The molecule has 0 aromatic carbocycles. The van der Waals surface area contributed by atoms with E-state index in [1.54, 1.807) is 0 Å². The summed E-state index contributed by atoms with van der Waals surface area (Å²) >= 11 is 0. The van der Waals surface area contributed by atoms with Crippen molar-refractivity contribution in [2.75, 3.05) is 6.61 Å². The van der Waals surface area contributed by atoms with Crippen LogP contribution in [0.2, 0.25) is 0 Å². The minimum absolute atomic E-state index is 0.194. The smallest absolute Gasteiger partial charge is 0.322 e. The van der Waals surface area contributed by atoms with Gasteiger partial charge in [0.05, 0.1) is 6.61 Å². The van der Waals surface area contributed by atoms with Gasteiger partial charge in [-0.25, -0.2) is 0 Å². The van der Waals surface area contributed by atoms with Gasteiger partial charge in [-0.05, 0) is 31.9 Å². The van der Waals surface area contributed by atoms with Gasteiger partial charge in [0.2, 0.25) is 0 Å². The maximum atomic E-state index is 11.4. The van der Waals surface area contributed by atoms with Gasteiger partial charge in [-0.3, -0.25) is 4.79 Å². The molecule has 1 N–H and O–H groups in total. The lowest BCUT2D eigenvalue weighted by Crippen LogP contribution is -2.34. The van der Waals surface area contributed by atoms with E-state index in [-0.39, 0.29) is 12.0 Å².